The zero-order valence-electron chi connectivity index (χ0n) is 13.9. The van der Waals surface area contributed by atoms with Gasteiger partial charge in [-0.2, -0.15) is 9.61 Å². The lowest BCUT2D eigenvalue weighted by atomic mass is 9.84. The van der Waals surface area contributed by atoms with Crippen LogP contribution in [0.1, 0.15) is 25.2 Å². The van der Waals surface area contributed by atoms with E-state index < -0.39 is 22.9 Å². The van der Waals surface area contributed by atoms with Crippen LogP contribution < -0.4 is 0 Å². The molecule has 0 unspecified atom stereocenters. The lowest BCUT2D eigenvalue weighted by Gasteiger charge is -2.22. The highest BCUT2D eigenvalue weighted by Gasteiger charge is 2.30. The Bertz CT molecular complexity index is 1100. The van der Waals surface area contributed by atoms with Gasteiger partial charge < -0.3 is 0 Å². The molecule has 4 nitrogen and oxygen atoms in total. The third kappa shape index (κ3) is 2.48. The van der Waals surface area contributed by atoms with Gasteiger partial charge in [0.25, 0.3) is 0 Å². The zero-order chi connectivity index (χ0) is 18.5. The molecule has 4 rings (SSSR count). The Labute approximate surface area is 150 Å². The van der Waals surface area contributed by atoms with E-state index in [0.29, 0.717) is 10.8 Å². The number of nitrogens with zero attached hydrogens (tertiary/aromatic N) is 4. The molecule has 0 aliphatic rings. The van der Waals surface area contributed by atoms with Gasteiger partial charge in [0.15, 0.2) is 28.3 Å². The minimum Gasteiger partial charge on any atom is -0.204 e. The van der Waals surface area contributed by atoms with Gasteiger partial charge in [-0.25, -0.2) is 13.2 Å². The van der Waals surface area contributed by atoms with Gasteiger partial charge in [-0.15, -0.1) is 10.2 Å². The summed E-state index contributed by atoms with van der Waals surface area (Å²) in [6.07, 6.45) is 0. The Balaban J connectivity index is 1.85. The molecule has 4 aromatic rings. The second-order valence-corrected chi connectivity index (χ2v) is 7.30. The van der Waals surface area contributed by atoms with E-state index in [1.165, 1.54) is 10.6 Å². The minimum atomic E-state index is -1.52. The predicted octanol–water partition coefficient (Wildman–Crippen LogP) is 4.60. The molecule has 2 heterocycles. The van der Waals surface area contributed by atoms with Crippen molar-refractivity contribution in [2.24, 2.45) is 0 Å². The summed E-state index contributed by atoms with van der Waals surface area (Å²) < 4.78 is 42.3. The van der Waals surface area contributed by atoms with Gasteiger partial charge in [-0.3, -0.25) is 0 Å². The van der Waals surface area contributed by atoms with Crippen molar-refractivity contribution >= 4 is 16.3 Å². The molecule has 0 saturated carbocycles. The summed E-state index contributed by atoms with van der Waals surface area (Å²) in [7, 11) is 0. The first-order chi connectivity index (χ1) is 12.4. The number of halogens is 3. The summed E-state index contributed by atoms with van der Waals surface area (Å²) in [6, 6.07) is 11.8. The Morgan fingerprint density at radius 2 is 1.65 bits per heavy atom. The molecule has 0 aliphatic heterocycles. The van der Waals surface area contributed by atoms with E-state index in [1.54, 1.807) is 0 Å². The van der Waals surface area contributed by atoms with Crippen LogP contribution >= 0.6 is 11.3 Å². The van der Waals surface area contributed by atoms with Crippen molar-refractivity contribution in [3.63, 3.8) is 0 Å². The maximum absolute atomic E-state index is 14.1. The maximum atomic E-state index is 14.1. The number of rotatable bonds is 3. The fraction of sp³-hybridized carbons (Fsp3) is 0.167. The molecule has 0 atom stereocenters. The molecule has 0 amide bonds. The van der Waals surface area contributed by atoms with E-state index in [-0.39, 0.29) is 10.6 Å². The molecule has 0 bridgehead atoms. The van der Waals surface area contributed by atoms with Crippen LogP contribution in [0.5, 0.6) is 0 Å². The Hall–Kier alpha value is -2.74. The lowest BCUT2D eigenvalue weighted by molar-refractivity contribution is 0.449. The number of hydrogen-bond acceptors (Lipinski definition) is 4. The number of benzene rings is 2. The van der Waals surface area contributed by atoms with Crippen molar-refractivity contribution in [1.82, 2.24) is 19.8 Å². The first-order valence-electron chi connectivity index (χ1n) is 7.81. The molecule has 0 N–H and O–H groups in total. The lowest BCUT2D eigenvalue weighted by Crippen LogP contribution is -2.22. The normalized spacial score (nSPS) is 12.0. The van der Waals surface area contributed by atoms with E-state index in [4.69, 9.17) is 0 Å². The van der Waals surface area contributed by atoms with Gasteiger partial charge >= 0.3 is 0 Å². The van der Waals surface area contributed by atoms with Crippen LogP contribution in [-0.2, 0) is 5.41 Å². The highest BCUT2D eigenvalue weighted by molar-refractivity contribution is 7.19. The Morgan fingerprint density at radius 1 is 0.923 bits per heavy atom. The molecule has 0 saturated heterocycles. The summed E-state index contributed by atoms with van der Waals surface area (Å²) in [6.45, 7) is 3.96. The molecule has 2 aromatic carbocycles. The summed E-state index contributed by atoms with van der Waals surface area (Å²) in [5.74, 6) is -3.44. The highest BCUT2D eigenvalue weighted by atomic mass is 32.1. The molecule has 2 aromatic heterocycles. The van der Waals surface area contributed by atoms with Crippen LogP contribution in [0.4, 0.5) is 13.2 Å². The largest absolute Gasteiger partial charge is 0.235 e. The Morgan fingerprint density at radius 3 is 2.38 bits per heavy atom. The summed E-state index contributed by atoms with van der Waals surface area (Å²) >= 11 is 1.06. The standard InChI is InChI=1S/C18H13F3N4S/c1-18(2,10-6-4-3-5-7-10)16-22-23-17-25(16)24-15(26-17)11-8-9-12(19)14(21)13(11)20/h3-9H,1-2H3. The van der Waals surface area contributed by atoms with Crippen LogP contribution in [0.3, 0.4) is 0 Å². The van der Waals surface area contributed by atoms with E-state index in [2.05, 4.69) is 15.3 Å². The fourth-order valence-electron chi connectivity index (χ4n) is 2.79. The van der Waals surface area contributed by atoms with E-state index >= 15 is 0 Å². The van der Waals surface area contributed by atoms with Crippen LogP contribution in [0, 0.1) is 17.5 Å². The van der Waals surface area contributed by atoms with Gasteiger partial charge in [0.05, 0.1) is 11.0 Å². The van der Waals surface area contributed by atoms with E-state index in [1.807, 2.05) is 44.2 Å². The smallest absolute Gasteiger partial charge is 0.204 e. The average molecular weight is 374 g/mol. The molecule has 26 heavy (non-hydrogen) atoms. The van der Waals surface area contributed by atoms with Gasteiger partial charge in [-0.1, -0.05) is 41.7 Å². The van der Waals surface area contributed by atoms with Crippen LogP contribution in [0.2, 0.25) is 0 Å². The predicted molar refractivity (Wildman–Crippen MR) is 92.5 cm³/mol. The second kappa shape index (κ2) is 5.91. The molecule has 0 aliphatic carbocycles. The van der Waals surface area contributed by atoms with E-state index in [9.17, 15) is 13.2 Å². The van der Waals surface area contributed by atoms with E-state index in [0.717, 1.165) is 23.0 Å². The van der Waals surface area contributed by atoms with Crippen LogP contribution in [0.25, 0.3) is 15.5 Å². The van der Waals surface area contributed by atoms with Crippen molar-refractivity contribution in [1.29, 1.82) is 0 Å². The topological polar surface area (TPSA) is 43.1 Å². The third-order valence-electron chi connectivity index (χ3n) is 4.31. The summed E-state index contributed by atoms with van der Waals surface area (Å²) in [5.41, 5.74) is 0.407. The molecular formula is C18H13F3N4S. The van der Waals surface area contributed by atoms with Gasteiger partial charge in [0.2, 0.25) is 4.96 Å². The second-order valence-electron chi connectivity index (χ2n) is 6.34. The van der Waals surface area contributed by atoms with Crippen LogP contribution in [-0.4, -0.2) is 19.8 Å². The minimum absolute atomic E-state index is 0.108. The number of fused-ring (bicyclic) bond motifs is 1. The van der Waals surface area contributed by atoms with Gasteiger partial charge in [0.1, 0.15) is 0 Å². The summed E-state index contributed by atoms with van der Waals surface area (Å²) in [4.78, 5) is 0.447. The van der Waals surface area contributed by atoms with Gasteiger partial charge in [-0.05, 0) is 31.5 Å². The first-order valence-corrected chi connectivity index (χ1v) is 8.63. The molecule has 0 spiro atoms. The highest BCUT2D eigenvalue weighted by Crippen LogP contribution is 2.34. The van der Waals surface area contributed by atoms with Crippen molar-refractivity contribution in [3.8, 4) is 10.6 Å². The quantitative estimate of drug-likeness (QED) is 0.493. The monoisotopic (exact) mass is 374 g/mol. The molecule has 0 radical (unpaired) electrons. The third-order valence-corrected chi connectivity index (χ3v) is 5.24. The van der Waals surface area contributed by atoms with Crippen molar-refractivity contribution in [2.45, 2.75) is 19.3 Å². The number of hydrogen-bond donors (Lipinski definition) is 0. The van der Waals surface area contributed by atoms with Crippen molar-refractivity contribution in [2.75, 3.05) is 0 Å². The summed E-state index contributed by atoms with van der Waals surface area (Å²) in [5, 5.41) is 12.9. The number of aromatic nitrogens is 4. The first kappa shape index (κ1) is 16.7. The molecule has 8 heteroatoms. The molecular weight excluding hydrogens is 361 g/mol. The van der Waals surface area contributed by atoms with Gasteiger partial charge in [0, 0.05) is 0 Å². The molecule has 0 fully saturated rings. The molecule has 132 valence electrons. The van der Waals surface area contributed by atoms with Crippen molar-refractivity contribution in [3.05, 3.63) is 71.3 Å². The maximum Gasteiger partial charge on any atom is 0.235 e. The van der Waals surface area contributed by atoms with Crippen molar-refractivity contribution < 1.29 is 13.2 Å². The average Bonchev–Trinajstić information content (AvgIpc) is 3.21. The SMILES string of the molecule is CC(C)(c1ccccc1)c1nnc2sc(-c3ccc(F)c(F)c3F)nn12. The Kier molecular flexibility index (Phi) is 3.80. The van der Waals surface area contributed by atoms with Crippen LogP contribution in [0.15, 0.2) is 42.5 Å². The fourth-order valence-corrected chi connectivity index (χ4v) is 3.65. The zero-order valence-corrected chi connectivity index (χ0v) is 14.7.